The third-order valence-electron chi connectivity index (χ3n) is 4.52. The Balaban J connectivity index is 1.63. The van der Waals surface area contributed by atoms with Gasteiger partial charge in [0.15, 0.2) is 6.10 Å². The van der Waals surface area contributed by atoms with Gasteiger partial charge in [-0.15, -0.1) is 0 Å². The lowest BCUT2D eigenvalue weighted by molar-refractivity contribution is -0.133. The van der Waals surface area contributed by atoms with E-state index in [0.717, 1.165) is 22.6 Å². The quantitative estimate of drug-likeness (QED) is 0.746. The van der Waals surface area contributed by atoms with E-state index in [9.17, 15) is 9.18 Å². The standard InChI is InChI=1S/C21H23FN2O3/c1-3-21(25)24(13-15-4-8-17(22)9-5-15)14-19-12-20(23-27-19)16-6-10-18(26-2)11-7-16/h4-11,19H,3,12-14H2,1-2H3/t19-/m1/s1. The first kappa shape index (κ1) is 18.9. The minimum absolute atomic E-state index is 0.0285. The van der Waals surface area contributed by atoms with Crippen LogP contribution in [-0.2, 0) is 16.2 Å². The second kappa shape index (κ2) is 8.66. The fraction of sp³-hybridized carbons (Fsp3) is 0.333. The first-order valence-corrected chi connectivity index (χ1v) is 8.98. The van der Waals surface area contributed by atoms with Crippen LogP contribution >= 0.6 is 0 Å². The molecule has 0 fully saturated rings. The largest absolute Gasteiger partial charge is 0.497 e. The lowest BCUT2D eigenvalue weighted by Gasteiger charge is -2.24. The van der Waals surface area contributed by atoms with Crippen LogP contribution in [0.2, 0.25) is 0 Å². The Kier molecular flexibility index (Phi) is 6.06. The molecule has 5 nitrogen and oxygen atoms in total. The van der Waals surface area contributed by atoms with Gasteiger partial charge >= 0.3 is 0 Å². The Morgan fingerprint density at radius 3 is 2.56 bits per heavy atom. The van der Waals surface area contributed by atoms with Gasteiger partial charge in [-0.3, -0.25) is 4.79 Å². The van der Waals surface area contributed by atoms with E-state index >= 15 is 0 Å². The number of halogens is 1. The highest BCUT2D eigenvalue weighted by Crippen LogP contribution is 2.21. The molecule has 2 aromatic carbocycles. The predicted molar refractivity (Wildman–Crippen MR) is 101 cm³/mol. The van der Waals surface area contributed by atoms with E-state index in [1.165, 1.54) is 12.1 Å². The van der Waals surface area contributed by atoms with E-state index < -0.39 is 0 Å². The lowest BCUT2D eigenvalue weighted by Crippen LogP contribution is -2.36. The molecule has 1 aliphatic heterocycles. The molecule has 0 unspecified atom stereocenters. The summed E-state index contributed by atoms with van der Waals surface area (Å²) in [5.74, 6) is 0.526. The van der Waals surface area contributed by atoms with Gasteiger partial charge < -0.3 is 14.5 Å². The summed E-state index contributed by atoms with van der Waals surface area (Å²) in [5, 5.41) is 4.19. The monoisotopic (exact) mass is 370 g/mol. The number of rotatable bonds is 7. The van der Waals surface area contributed by atoms with Gasteiger partial charge in [0.1, 0.15) is 11.6 Å². The Morgan fingerprint density at radius 2 is 1.93 bits per heavy atom. The zero-order valence-corrected chi connectivity index (χ0v) is 15.5. The van der Waals surface area contributed by atoms with E-state index in [1.54, 1.807) is 24.1 Å². The van der Waals surface area contributed by atoms with E-state index in [4.69, 9.17) is 9.57 Å². The number of carbonyl (C=O) groups excluding carboxylic acids is 1. The number of methoxy groups -OCH3 is 1. The summed E-state index contributed by atoms with van der Waals surface area (Å²) in [7, 11) is 1.63. The maximum atomic E-state index is 13.1. The van der Waals surface area contributed by atoms with Gasteiger partial charge in [0.05, 0.1) is 19.4 Å². The molecule has 0 spiro atoms. The first-order valence-electron chi connectivity index (χ1n) is 8.98. The zero-order valence-electron chi connectivity index (χ0n) is 15.5. The average Bonchev–Trinajstić information content (AvgIpc) is 3.17. The lowest BCUT2D eigenvalue weighted by atomic mass is 10.0. The molecule has 0 aromatic heterocycles. The van der Waals surface area contributed by atoms with E-state index in [2.05, 4.69) is 5.16 Å². The van der Waals surface area contributed by atoms with Gasteiger partial charge in [-0.05, 0) is 47.5 Å². The van der Waals surface area contributed by atoms with Crippen molar-refractivity contribution in [3.8, 4) is 5.75 Å². The van der Waals surface area contributed by atoms with Gasteiger partial charge in [-0.25, -0.2) is 4.39 Å². The van der Waals surface area contributed by atoms with Crippen LogP contribution in [0, 0.1) is 5.82 Å². The third-order valence-corrected chi connectivity index (χ3v) is 4.52. The molecule has 27 heavy (non-hydrogen) atoms. The minimum atomic E-state index is -0.288. The van der Waals surface area contributed by atoms with Gasteiger partial charge in [-0.2, -0.15) is 0 Å². The van der Waals surface area contributed by atoms with Crippen LogP contribution in [0.3, 0.4) is 0 Å². The first-order chi connectivity index (χ1) is 13.1. The molecule has 0 saturated heterocycles. The molecular weight excluding hydrogens is 347 g/mol. The van der Waals surface area contributed by atoms with Crippen molar-refractivity contribution < 1.29 is 18.8 Å². The summed E-state index contributed by atoms with van der Waals surface area (Å²) in [6.07, 6.45) is 0.835. The van der Waals surface area contributed by atoms with Crippen molar-refractivity contribution in [2.24, 2.45) is 5.16 Å². The van der Waals surface area contributed by atoms with Crippen LogP contribution in [-0.4, -0.2) is 36.3 Å². The van der Waals surface area contributed by atoms with Crippen molar-refractivity contribution in [3.05, 3.63) is 65.5 Å². The van der Waals surface area contributed by atoms with Gasteiger partial charge in [-0.1, -0.05) is 24.2 Å². The molecule has 0 saturated carbocycles. The number of amides is 1. The zero-order chi connectivity index (χ0) is 19.2. The van der Waals surface area contributed by atoms with E-state index in [1.807, 2.05) is 31.2 Å². The molecule has 0 N–H and O–H groups in total. The number of ether oxygens (including phenoxy) is 1. The summed E-state index contributed by atoms with van der Waals surface area (Å²) in [5.41, 5.74) is 2.71. The molecule has 3 rings (SSSR count). The molecule has 1 atom stereocenters. The van der Waals surface area contributed by atoms with Crippen molar-refractivity contribution in [2.75, 3.05) is 13.7 Å². The molecule has 0 bridgehead atoms. The smallest absolute Gasteiger partial charge is 0.222 e. The minimum Gasteiger partial charge on any atom is -0.497 e. The highest BCUT2D eigenvalue weighted by atomic mass is 19.1. The second-order valence-corrected chi connectivity index (χ2v) is 6.45. The molecule has 0 aliphatic carbocycles. The van der Waals surface area contributed by atoms with Crippen LogP contribution in [0.5, 0.6) is 5.75 Å². The molecule has 142 valence electrons. The number of oxime groups is 1. The van der Waals surface area contributed by atoms with Crippen molar-refractivity contribution in [3.63, 3.8) is 0 Å². The molecule has 1 heterocycles. The maximum Gasteiger partial charge on any atom is 0.222 e. The highest BCUT2D eigenvalue weighted by Gasteiger charge is 2.26. The normalized spacial score (nSPS) is 15.8. The Morgan fingerprint density at radius 1 is 1.22 bits per heavy atom. The van der Waals surface area contributed by atoms with Gasteiger partial charge in [0.2, 0.25) is 5.91 Å². The van der Waals surface area contributed by atoms with Crippen LogP contribution in [0.15, 0.2) is 53.7 Å². The van der Waals surface area contributed by atoms with E-state index in [0.29, 0.717) is 25.9 Å². The fourth-order valence-electron chi connectivity index (χ4n) is 3.01. The molecule has 2 aromatic rings. The summed E-state index contributed by atoms with van der Waals surface area (Å²) < 4.78 is 18.3. The maximum absolute atomic E-state index is 13.1. The third kappa shape index (κ3) is 4.84. The summed E-state index contributed by atoms with van der Waals surface area (Å²) in [6, 6.07) is 13.8. The molecular formula is C21H23FN2O3. The SMILES string of the molecule is CCC(=O)N(Cc1ccc(F)cc1)C[C@H]1CC(c2ccc(OC)cc2)=NO1. The number of nitrogens with zero attached hydrogens (tertiary/aromatic N) is 2. The Hall–Kier alpha value is -2.89. The Labute approximate surface area is 158 Å². The highest BCUT2D eigenvalue weighted by molar-refractivity contribution is 6.01. The van der Waals surface area contributed by atoms with Crippen molar-refractivity contribution in [1.82, 2.24) is 4.90 Å². The number of hydrogen-bond donors (Lipinski definition) is 0. The summed E-state index contributed by atoms with van der Waals surface area (Å²) in [4.78, 5) is 19.6. The average molecular weight is 370 g/mol. The van der Waals surface area contributed by atoms with Crippen LogP contribution < -0.4 is 4.74 Å². The van der Waals surface area contributed by atoms with Crippen molar-refractivity contribution in [1.29, 1.82) is 0 Å². The van der Waals surface area contributed by atoms with Crippen LogP contribution in [0.4, 0.5) is 4.39 Å². The fourth-order valence-corrected chi connectivity index (χ4v) is 3.01. The van der Waals surface area contributed by atoms with Crippen molar-refractivity contribution in [2.45, 2.75) is 32.4 Å². The second-order valence-electron chi connectivity index (χ2n) is 6.45. The van der Waals surface area contributed by atoms with Gasteiger partial charge in [0.25, 0.3) is 0 Å². The van der Waals surface area contributed by atoms with Crippen LogP contribution in [0.1, 0.15) is 30.9 Å². The van der Waals surface area contributed by atoms with Gasteiger partial charge in [0, 0.05) is 19.4 Å². The molecule has 6 heteroatoms. The number of carbonyl (C=O) groups is 1. The summed E-state index contributed by atoms with van der Waals surface area (Å²) in [6.45, 7) is 2.69. The summed E-state index contributed by atoms with van der Waals surface area (Å²) >= 11 is 0. The Bertz CT molecular complexity index is 803. The molecule has 1 aliphatic rings. The van der Waals surface area contributed by atoms with Crippen molar-refractivity contribution >= 4 is 11.6 Å². The number of benzene rings is 2. The molecule has 1 amide bonds. The van der Waals surface area contributed by atoms with Crippen LogP contribution in [0.25, 0.3) is 0 Å². The topological polar surface area (TPSA) is 51.1 Å². The molecule has 0 radical (unpaired) electrons. The number of hydrogen-bond acceptors (Lipinski definition) is 4. The predicted octanol–water partition coefficient (Wildman–Crippen LogP) is 3.77. The van der Waals surface area contributed by atoms with E-state index in [-0.39, 0.29) is 17.8 Å².